The Morgan fingerprint density at radius 2 is 1.83 bits per heavy atom. The summed E-state index contributed by atoms with van der Waals surface area (Å²) in [5.74, 6) is -2.72. The van der Waals surface area contributed by atoms with Crippen molar-refractivity contribution in [1.82, 2.24) is 4.90 Å². The highest BCUT2D eigenvalue weighted by molar-refractivity contribution is 5.70. The third kappa shape index (κ3) is 6.95. The van der Waals surface area contributed by atoms with Crippen LogP contribution in [0.2, 0.25) is 0 Å². The van der Waals surface area contributed by atoms with Gasteiger partial charge in [-0.2, -0.15) is 0 Å². The van der Waals surface area contributed by atoms with E-state index in [1.165, 1.54) is 12.1 Å². The molecule has 0 radical (unpaired) electrons. The maximum atomic E-state index is 14.1. The lowest BCUT2D eigenvalue weighted by Crippen LogP contribution is -2.35. The number of halogens is 2. The fourth-order valence-electron chi connectivity index (χ4n) is 4.41. The second-order valence-electron chi connectivity index (χ2n) is 9.82. The van der Waals surface area contributed by atoms with Crippen molar-refractivity contribution >= 4 is 6.09 Å². The van der Waals surface area contributed by atoms with Gasteiger partial charge in [0.15, 0.2) is 0 Å². The molecule has 0 N–H and O–H groups in total. The quantitative estimate of drug-likeness (QED) is 0.306. The number of nitrogens with zero attached hydrogens (tertiary/aromatic N) is 1. The molecule has 0 spiro atoms. The first kappa shape index (κ1) is 26.4. The van der Waals surface area contributed by atoms with Crippen LogP contribution in [-0.2, 0) is 26.7 Å². The third-order valence-electron chi connectivity index (χ3n) is 6.50. The molecule has 2 aliphatic rings. The van der Waals surface area contributed by atoms with Gasteiger partial charge >= 0.3 is 6.09 Å². The lowest BCUT2D eigenvalue weighted by molar-refractivity contribution is -0.180. The fourth-order valence-corrected chi connectivity index (χ4v) is 4.41. The van der Waals surface area contributed by atoms with Gasteiger partial charge in [0.05, 0.1) is 19.8 Å². The second-order valence-corrected chi connectivity index (χ2v) is 9.82. The van der Waals surface area contributed by atoms with Crippen LogP contribution in [0.15, 0.2) is 48.5 Å². The number of ether oxygens (including phenoxy) is 4. The smallest absolute Gasteiger partial charge is 0.410 e. The van der Waals surface area contributed by atoms with Crippen LogP contribution in [0, 0.1) is 0 Å². The number of hydrogen-bond donors (Lipinski definition) is 0. The van der Waals surface area contributed by atoms with Crippen molar-refractivity contribution in [2.75, 3.05) is 26.3 Å². The van der Waals surface area contributed by atoms with E-state index in [4.69, 9.17) is 18.9 Å². The van der Waals surface area contributed by atoms with E-state index in [2.05, 4.69) is 0 Å². The Bertz CT molecular complexity index is 1010. The number of cyclic esters (lactones) is 1. The summed E-state index contributed by atoms with van der Waals surface area (Å²) < 4.78 is 50.8. The van der Waals surface area contributed by atoms with E-state index in [9.17, 15) is 13.6 Å². The molecular weight excluding hydrogens is 468 g/mol. The number of rotatable bonds is 12. The van der Waals surface area contributed by atoms with Crippen molar-refractivity contribution < 1.29 is 32.5 Å². The number of fused-ring (bicyclic) bond motifs is 1. The number of benzene rings is 2. The number of carbonyl (C=O) groups excluding carboxylic acids is 1. The summed E-state index contributed by atoms with van der Waals surface area (Å²) in [6, 6.07) is 13.7. The van der Waals surface area contributed by atoms with E-state index in [1.807, 2.05) is 32.0 Å². The van der Waals surface area contributed by atoms with Gasteiger partial charge in [-0.15, -0.1) is 0 Å². The van der Waals surface area contributed by atoms with Crippen LogP contribution in [0.3, 0.4) is 0 Å². The maximum absolute atomic E-state index is 14.1. The molecule has 2 aromatic rings. The average molecular weight is 504 g/mol. The first-order valence-electron chi connectivity index (χ1n) is 12.7. The molecule has 1 atom stereocenters. The Morgan fingerprint density at radius 1 is 1.06 bits per heavy atom. The maximum Gasteiger partial charge on any atom is 0.410 e. The second kappa shape index (κ2) is 11.6. The molecule has 36 heavy (non-hydrogen) atoms. The monoisotopic (exact) mass is 503 g/mol. The minimum absolute atomic E-state index is 0.0231. The SMILES string of the molecule is CC1(C)OCc2cc([C@@H]3CN(CCCCCCOCCC(F)(F)c4ccccc4)C(=O)O3)ccc2O1. The molecule has 2 heterocycles. The molecule has 6 nitrogen and oxygen atoms in total. The van der Waals surface area contributed by atoms with Crippen LogP contribution in [0.25, 0.3) is 0 Å². The molecule has 196 valence electrons. The van der Waals surface area contributed by atoms with Crippen LogP contribution < -0.4 is 4.74 Å². The predicted octanol–water partition coefficient (Wildman–Crippen LogP) is 6.58. The van der Waals surface area contributed by atoms with Crippen molar-refractivity contribution in [3.8, 4) is 5.75 Å². The molecule has 0 aliphatic carbocycles. The largest absolute Gasteiger partial charge is 0.463 e. The van der Waals surface area contributed by atoms with E-state index in [1.54, 1.807) is 23.1 Å². The van der Waals surface area contributed by atoms with Gasteiger partial charge in [0.25, 0.3) is 5.92 Å². The molecule has 0 unspecified atom stereocenters. The lowest BCUT2D eigenvalue weighted by Gasteiger charge is -2.32. The zero-order valence-corrected chi connectivity index (χ0v) is 21.0. The summed E-state index contributed by atoms with van der Waals surface area (Å²) in [6.45, 7) is 5.85. The highest BCUT2D eigenvalue weighted by atomic mass is 19.3. The zero-order valence-electron chi connectivity index (χ0n) is 21.0. The molecule has 1 amide bonds. The van der Waals surface area contributed by atoms with E-state index < -0.39 is 11.7 Å². The Labute approximate surface area is 211 Å². The van der Waals surface area contributed by atoms with Gasteiger partial charge in [0.2, 0.25) is 5.79 Å². The number of unbranched alkanes of at least 4 members (excludes halogenated alkanes) is 3. The van der Waals surface area contributed by atoms with Crippen LogP contribution in [0.4, 0.5) is 13.6 Å². The number of carbonyl (C=O) groups is 1. The molecule has 1 saturated heterocycles. The molecule has 8 heteroatoms. The molecule has 0 saturated carbocycles. The van der Waals surface area contributed by atoms with Crippen molar-refractivity contribution in [2.45, 2.75) is 70.4 Å². The van der Waals surface area contributed by atoms with Crippen molar-refractivity contribution in [1.29, 1.82) is 0 Å². The van der Waals surface area contributed by atoms with Crippen molar-refractivity contribution in [2.24, 2.45) is 0 Å². The number of amides is 1. The molecular formula is C28H35F2NO5. The number of hydrogen-bond acceptors (Lipinski definition) is 5. The van der Waals surface area contributed by atoms with Crippen molar-refractivity contribution in [3.63, 3.8) is 0 Å². The average Bonchev–Trinajstić information content (AvgIpc) is 3.23. The topological polar surface area (TPSA) is 57.2 Å². The summed E-state index contributed by atoms with van der Waals surface area (Å²) in [5, 5.41) is 0. The Balaban J connectivity index is 1.09. The van der Waals surface area contributed by atoms with Crippen molar-refractivity contribution in [3.05, 3.63) is 65.2 Å². The summed E-state index contributed by atoms with van der Waals surface area (Å²) in [4.78, 5) is 14.1. The highest BCUT2D eigenvalue weighted by Gasteiger charge is 2.34. The summed E-state index contributed by atoms with van der Waals surface area (Å²) in [5.41, 5.74) is 1.91. The van der Waals surface area contributed by atoms with Gasteiger partial charge in [-0.05, 0) is 30.5 Å². The molecule has 0 bridgehead atoms. The van der Waals surface area contributed by atoms with E-state index in [0.29, 0.717) is 26.3 Å². The van der Waals surface area contributed by atoms with Crippen LogP contribution in [-0.4, -0.2) is 43.1 Å². The Hall–Kier alpha value is -2.71. The van der Waals surface area contributed by atoms with E-state index in [-0.39, 0.29) is 30.8 Å². The van der Waals surface area contributed by atoms with E-state index in [0.717, 1.165) is 42.6 Å². The molecule has 2 aromatic carbocycles. The van der Waals surface area contributed by atoms with Gasteiger partial charge in [-0.25, -0.2) is 13.6 Å². The first-order valence-corrected chi connectivity index (χ1v) is 12.7. The fraction of sp³-hybridized carbons (Fsp3) is 0.536. The van der Waals surface area contributed by atoms with Gasteiger partial charge in [0, 0.05) is 44.5 Å². The molecule has 0 aromatic heterocycles. The van der Waals surface area contributed by atoms with Crippen LogP contribution >= 0.6 is 0 Å². The lowest BCUT2D eigenvalue weighted by atomic mass is 10.0. The summed E-state index contributed by atoms with van der Waals surface area (Å²) >= 11 is 0. The van der Waals surface area contributed by atoms with Gasteiger partial charge in [0.1, 0.15) is 11.9 Å². The van der Waals surface area contributed by atoms with Gasteiger partial charge in [-0.1, -0.05) is 49.2 Å². The zero-order chi connectivity index (χ0) is 25.6. The molecule has 2 aliphatic heterocycles. The van der Waals surface area contributed by atoms with E-state index >= 15 is 0 Å². The molecule has 4 rings (SSSR count). The van der Waals surface area contributed by atoms with Gasteiger partial charge in [-0.3, -0.25) is 0 Å². The first-order chi connectivity index (χ1) is 17.2. The standard InChI is InChI=1S/C28H35F2NO5/c1-27(2)34-20-22-18-21(12-13-24(22)36-27)25-19-31(26(32)35-25)15-8-3-4-9-16-33-17-14-28(29,30)23-10-6-5-7-11-23/h5-7,10-13,18,25H,3-4,8-9,14-17,19-20H2,1-2H3/t25-/m0/s1. The minimum atomic E-state index is -2.87. The highest BCUT2D eigenvalue weighted by Crippen LogP contribution is 2.35. The normalized spacial score (nSPS) is 19.1. The molecule has 1 fully saturated rings. The van der Waals surface area contributed by atoms with Crippen LogP contribution in [0.1, 0.15) is 68.7 Å². The minimum Gasteiger partial charge on any atom is -0.463 e. The van der Waals surface area contributed by atoms with Gasteiger partial charge < -0.3 is 23.8 Å². The van der Waals surface area contributed by atoms with Crippen LogP contribution in [0.5, 0.6) is 5.75 Å². The summed E-state index contributed by atoms with van der Waals surface area (Å²) in [7, 11) is 0. The number of alkyl halides is 2. The predicted molar refractivity (Wildman–Crippen MR) is 131 cm³/mol. The summed E-state index contributed by atoms with van der Waals surface area (Å²) in [6.07, 6.45) is 2.59. The third-order valence-corrected chi connectivity index (χ3v) is 6.50. The Kier molecular flexibility index (Phi) is 8.46. The Morgan fingerprint density at radius 3 is 2.64 bits per heavy atom.